The Hall–Kier alpha value is -4.16. The van der Waals surface area contributed by atoms with Crippen molar-refractivity contribution in [2.45, 2.75) is 26.4 Å². The van der Waals surface area contributed by atoms with Crippen molar-refractivity contribution in [1.82, 2.24) is 14.8 Å². The van der Waals surface area contributed by atoms with Gasteiger partial charge in [0.2, 0.25) is 0 Å². The minimum absolute atomic E-state index is 0.0883. The topological polar surface area (TPSA) is 57.7 Å². The zero-order valence-corrected chi connectivity index (χ0v) is 21.3. The van der Waals surface area contributed by atoms with Crippen molar-refractivity contribution in [2.24, 2.45) is 0 Å². The average molecular weight is 493 g/mol. The zero-order chi connectivity index (χ0) is 25.6. The molecule has 6 heteroatoms. The molecule has 0 bridgehead atoms. The summed E-state index contributed by atoms with van der Waals surface area (Å²) in [5, 5.41) is 3.05. The number of nitrogens with zero attached hydrogens (tertiary/aromatic N) is 3. The maximum absolute atomic E-state index is 13.1. The molecule has 5 rings (SSSR count). The van der Waals surface area contributed by atoms with E-state index < -0.39 is 0 Å². The van der Waals surface area contributed by atoms with Crippen LogP contribution in [0.3, 0.4) is 0 Å². The first kappa shape index (κ1) is 24.5. The van der Waals surface area contributed by atoms with E-state index in [0.717, 1.165) is 42.3 Å². The van der Waals surface area contributed by atoms with Gasteiger partial charge in [-0.1, -0.05) is 60.2 Å². The van der Waals surface area contributed by atoms with Crippen LogP contribution in [0.4, 0.5) is 10.5 Å². The summed E-state index contributed by atoms with van der Waals surface area (Å²) < 4.78 is 5.99. The molecule has 0 radical (unpaired) electrons. The number of hydrogen-bond donors (Lipinski definition) is 1. The number of carbonyl (C=O) groups is 1. The number of aryl methyl sites for hydroxylation is 1. The van der Waals surface area contributed by atoms with E-state index in [0.29, 0.717) is 12.2 Å². The van der Waals surface area contributed by atoms with Crippen LogP contribution >= 0.6 is 0 Å². The Morgan fingerprint density at radius 3 is 2.54 bits per heavy atom. The van der Waals surface area contributed by atoms with Crippen LogP contribution in [0.25, 0.3) is 11.1 Å². The lowest BCUT2D eigenvalue weighted by molar-refractivity contribution is 0.104. The maximum Gasteiger partial charge on any atom is 0.322 e. The predicted molar refractivity (Wildman–Crippen MR) is 148 cm³/mol. The van der Waals surface area contributed by atoms with E-state index in [-0.39, 0.29) is 12.1 Å². The molecular formula is C31H32N4O2. The third kappa shape index (κ3) is 6.35. The molecule has 1 N–H and O–H groups in total. The van der Waals surface area contributed by atoms with Crippen molar-refractivity contribution in [2.75, 3.05) is 25.0 Å². The predicted octanol–water partition coefficient (Wildman–Crippen LogP) is 6.59. The van der Waals surface area contributed by atoms with Crippen molar-refractivity contribution in [1.29, 1.82) is 0 Å². The van der Waals surface area contributed by atoms with Crippen molar-refractivity contribution in [3.63, 3.8) is 0 Å². The summed E-state index contributed by atoms with van der Waals surface area (Å²) in [5.41, 5.74) is 5.15. The Balaban J connectivity index is 1.17. The molecule has 37 heavy (non-hydrogen) atoms. The highest BCUT2D eigenvalue weighted by molar-refractivity contribution is 5.90. The number of ether oxygens (including phenoxy) is 1. The monoisotopic (exact) mass is 492 g/mol. The molecule has 1 aromatic heterocycles. The summed E-state index contributed by atoms with van der Waals surface area (Å²) in [5.74, 6) is 1.66. The number of nitrogens with one attached hydrogen (secondary N) is 1. The van der Waals surface area contributed by atoms with Gasteiger partial charge in [0.05, 0.1) is 11.9 Å². The van der Waals surface area contributed by atoms with Gasteiger partial charge < -0.3 is 15.0 Å². The smallest absolute Gasteiger partial charge is 0.322 e. The van der Waals surface area contributed by atoms with E-state index in [1.807, 2.05) is 65.7 Å². The number of piperazine rings is 1. The minimum Gasteiger partial charge on any atom is -0.457 e. The standard InChI is InChI=1S/C31H32N4O2/c1-23-8-6-10-26(16-23)27-18-28(20-32-19-27)33-31(36)35-15-14-34(21-24(35)2)22-25-9-7-13-30(17-25)37-29-11-4-3-5-12-29/h3-13,16-20,24H,14-15,21-22H2,1-2H3,(H,33,36)/t24-/m0/s1. The van der Waals surface area contributed by atoms with Gasteiger partial charge in [0.15, 0.2) is 0 Å². The van der Waals surface area contributed by atoms with Crippen LogP contribution in [0, 0.1) is 6.92 Å². The molecule has 6 nitrogen and oxygen atoms in total. The highest BCUT2D eigenvalue weighted by Crippen LogP contribution is 2.25. The van der Waals surface area contributed by atoms with Crippen molar-refractivity contribution in [3.8, 4) is 22.6 Å². The Kier molecular flexibility index (Phi) is 7.47. The Morgan fingerprint density at radius 1 is 0.919 bits per heavy atom. The van der Waals surface area contributed by atoms with Crippen LogP contribution in [0.1, 0.15) is 18.1 Å². The van der Waals surface area contributed by atoms with Gasteiger partial charge >= 0.3 is 6.03 Å². The molecule has 1 aliphatic heterocycles. The fourth-order valence-electron chi connectivity index (χ4n) is 4.75. The Bertz CT molecular complexity index is 1360. The number of benzene rings is 3. The number of para-hydroxylation sites is 1. The van der Waals surface area contributed by atoms with Gasteiger partial charge in [0, 0.05) is 44.0 Å². The molecule has 0 spiro atoms. The molecule has 1 saturated heterocycles. The summed E-state index contributed by atoms with van der Waals surface area (Å²) >= 11 is 0. The van der Waals surface area contributed by atoms with Crippen LogP contribution in [0.5, 0.6) is 11.5 Å². The second kappa shape index (κ2) is 11.3. The van der Waals surface area contributed by atoms with Crippen molar-refractivity contribution >= 4 is 11.7 Å². The van der Waals surface area contributed by atoms with Gasteiger partial charge in [-0.05, 0) is 55.3 Å². The highest BCUT2D eigenvalue weighted by atomic mass is 16.5. The molecule has 188 valence electrons. The van der Waals surface area contributed by atoms with Crippen LogP contribution < -0.4 is 10.1 Å². The molecule has 0 saturated carbocycles. The summed E-state index contributed by atoms with van der Waals surface area (Å²) in [6, 6.07) is 28.3. The van der Waals surface area contributed by atoms with Crippen molar-refractivity contribution < 1.29 is 9.53 Å². The van der Waals surface area contributed by atoms with Crippen LogP contribution in [0.15, 0.2) is 97.3 Å². The lowest BCUT2D eigenvalue weighted by Gasteiger charge is -2.39. The van der Waals surface area contributed by atoms with Gasteiger partial charge in [-0.2, -0.15) is 0 Å². The number of aromatic nitrogens is 1. The molecule has 0 aliphatic carbocycles. The first-order chi connectivity index (χ1) is 18.0. The SMILES string of the molecule is Cc1cccc(-c2cncc(NC(=O)N3CCN(Cc4cccc(Oc5ccccc5)c4)C[C@@H]3C)c2)c1. The molecule has 4 aromatic rings. The molecule has 2 amide bonds. The zero-order valence-electron chi connectivity index (χ0n) is 21.3. The molecule has 1 aliphatic rings. The van der Waals surface area contributed by atoms with E-state index in [9.17, 15) is 4.79 Å². The van der Waals surface area contributed by atoms with Crippen molar-refractivity contribution in [3.05, 3.63) is 108 Å². The molecule has 3 aromatic carbocycles. The maximum atomic E-state index is 13.1. The fourth-order valence-corrected chi connectivity index (χ4v) is 4.75. The number of rotatable bonds is 6. The summed E-state index contributed by atoms with van der Waals surface area (Å²) in [4.78, 5) is 21.8. The average Bonchev–Trinajstić information content (AvgIpc) is 2.90. The summed E-state index contributed by atoms with van der Waals surface area (Å²) in [6.45, 7) is 7.26. The molecule has 0 unspecified atom stereocenters. The van der Waals surface area contributed by atoms with Gasteiger partial charge in [-0.25, -0.2) is 4.79 Å². The Labute approximate surface area is 218 Å². The second-order valence-corrected chi connectivity index (χ2v) is 9.60. The number of pyridine rings is 1. The Morgan fingerprint density at radius 2 is 1.73 bits per heavy atom. The van der Waals surface area contributed by atoms with Crippen LogP contribution in [-0.2, 0) is 6.54 Å². The molecular weight excluding hydrogens is 460 g/mol. The number of anilines is 1. The number of urea groups is 1. The second-order valence-electron chi connectivity index (χ2n) is 9.60. The van der Waals surface area contributed by atoms with Gasteiger partial charge in [0.25, 0.3) is 0 Å². The van der Waals surface area contributed by atoms with E-state index >= 15 is 0 Å². The van der Waals surface area contributed by atoms with Gasteiger partial charge in [-0.3, -0.25) is 9.88 Å². The van der Waals surface area contributed by atoms with E-state index in [2.05, 4.69) is 59.4 Å². The van der Waals surface area contributed by atoms with Gasteiger partial charge in [0.1, 0.15) is 11.5 Å². The lowest BCUT2D eigenvalue weighted by atomic mass is 10.1. The molecule has 1 fully saturated rings. The van der Waals surface area contributed by atoms with E-state index in [1.165, 1.54) is 11.1 Å². The van der Waals surface area contributed by atoms with Crippen LogP contribution in [-0.4, -0.2) is 46.5 Å². The third-order valence-electron chi connectivity index (χ3n) is 6.60. The first-order valence-corrected chi connectivity index (χ1v) is 12.7. The number of amides is 2. The number of carbonyl (C=O) groups excluding carboxylic acids is 1. The van der Waals surface area contributed by atoms with E-state index in [4.69, 9.17) is 4.74 Å². The summed E-state index contributed by atoms with van der Waals surface area (Å²) in [7, 11) is 0. The molecule has 1 atom stereocenters. The highest BCUT2D eigenvalue weighted by Gasteiger charge is 2.27. The third-order valence-corrected chi connectivity index (χ3v) is 6.60. The largest absolute Gasteiger partial charge is 0.457 e. The summed E-state index contributed by atoms with van der Waals surface area (Å²) in [6.07, 6.45) is 3.52. The first-order valence-electron chi connectivity index (χ1n) is 12.7. The van der Waals surface area contributed by atoms with E-state index in [1.54, 1.807) is 6.20 Å². The van der Waals surface area contributed by atoms with Gasteiger partial charge in [-0.15, -0.1) is 0 Å². The minimum atomic E-state index is -0.0893. The normalized spacial score (nSPS) is 15.8. The number of hydrogen-bond acceptors (Lipinski definition) is 4. The van der Waals surface area contributed by atoms with Crippen LogP contribution in [0.2, 0.25) is 0 Å². The lowest BCUT2D eigenvalue weighted by Crippen LogP contribution is -2.54. The fraction of sp³-hybridized carbons (Fsp3) is 0.226. The quantitative estimate of drug-likeness (QED) is 0.330. The molecule has 2 heterocycles.